The summed E-state index contributed by atoms with van der Waals surface area (Å²) in [5.41, 5.74) is 3.86. The van der Waals surface area contributed by atoms with Crippen molar-refractivity contribution in [2.24, 2.45) is 0 Å². The van der Waals surface area contributed by atoms with Gasteiger partial charge in [0.2, 0.25) is 0 Å². The van der Waals surface area contributed by atoms with Crippen molar-refractivity contribution in [3.8, 4) is 5.69 Å². The lowest BCUT2D eigenvalue weighted by Crippen LogP contribution is -2.50. The molecule has 0 atom stereocenters. The summed E-state index contributed by atoms with van der Waals surface area (Å²) in [5.74, 6) is -0.301. The number of carbonyl (C=O) groups excluding carboxylic acids is 2. The number of carbonyl (C=O) groups is 2. The standard InChI is InChI=1S/C22H22ClN5O2/c1-15-3-4-16(2)28(15)17-5-6-19(23)18(13-17)21(29)26-9-11-27(12-10-26)22(30)20-14-24-7-8-25-20/h3-8,13-14H,9-12H2,1-2H3. The normalized spacial score (nSPS) is 14.1. The van der Waals surface area contributed by atoms with E-state index < -0.39 is 0 Å². The molecule has 3 aromatic rings. The van der Waals surface area contributed by atoms with Gasteiger partial charge in [0, 0.05) is 55.6 Å². The molecule has 154 valence electrons. The topological polar surface area (TPSA) is 71.3 Å². The molecule has 7 nitrogen and oxygen atoms in total. The van der Waals surface area contributed by atoms with Gasteiger partial charge in [-0.15, -0.1) is 0 Å². The summed E-state index contributed by atoms with van der Waals surface area (Å²) in [6, 6.07) is 9.59. The Labute approximate surface area is 179 Å². The Bertz CT molecular complexity index is 1070. The number of nitrogens with zero attached hydrogens (tertiary/aromatic N) is 5. The summed E-state index contributed by atoms with van der Waals surface area (Å²) in [5, 5.41) is 0.421. The number of amides is 2. The molecule has 0 radical (unpaired) electrons. The van der Waals surface area contributed by atoms with E-state index in [1.165, 1.54) is 18.6 Å². The summed E-state index contributed by atoms with van der Waals surface area (Å²) >= 11 is 6.37. The highest BCUT2D eigenvalue weighted by Crippen LogP contribution is 2.24. The highest BCUT2D eigenvalue weighted by Gasteiger charge is 2.27. The Balaban J connectivity index is 1.49. The molecule has 1 aliphatic heterocycles. The van der Waals surface area contributed by atoms with E-state index in [0.717, 1.165) is 17.1 Å². The minimum absolute atomic E-state index is 0.129. The van der Waals surface area contributed by atoms with Crippen LogP contribution in [-0.4, -0.2) is 62.3 Å². The zero-order valence-corrected chi connectivity index (χ0v) is 17.6. The molecule has 3 heterocycles. The van der Waals surface area contributed by atoms with Crippen LogP contribution in [0.2, 0.25) is 5.02 Å². The lowest BCUT2D eigenvalue weighted by Gasteiger charge is -2.34. The molecule has 2 aromatic heterocycles. The van der Waals surface area contributed by atoms with Crippen molar-refractivity contribution in [2.75, 3.05) is 26.2 Å². The number of halogens is 1. The van der Waals surface area contributed by atoms with Crippen molar-refractivity contribution in [2.45, 2.75) is 13.8 Å². The summed E-state index contributed by atoms with van der Waals surface area (Å²) < 4.78 is 2.09. The third kappa shape index (κ3) is 3.80. The Hall–Kier alpha value is -3.19. The molecule has 0 aliphatic carbocycles. The molecule has 0 unspecified atom stereocenters. The van der Waals surface area contributed by atoms with E-state index in [1.54, 1.807) is 15.9 Å². The van der Waals surface area contributed by atoms with E-state index in [1.807, 2.05) is 38.1 Å². The second kappa shape index (κ2) is 8.28. The third-order valence-electron chi connectivity index (χ3n) is 5.35. The maximum absolute atomic E-state index is 13.2. The van der Waals surface area contributed by atoms with Crippen LogP contribution in [0.3, 0.4) is 0 Å². The smallest absolute Gasteiger partial charge is 0.274 e. The van der Waals surface area contributed by atoms with Crippen LogP contribution in [0.15, 0.2) is 48.9 Å². The minimum Gasteiger partial charge on any atom is -0.335 e. The quantitative estimate of drug-likeness (QED) is 0.648. The van der Waals surface area contributed by atoms with Gasteiger partial charge in [-0.2, -0.15) is 0 Å². The fourth-order valence-corrected chi connectivity index (χ4v) is 3.94. The van der Waals surface area contributed by atoms with Gasteiger partial charge >= 0.3 is 0 Å². The molecule has 0 spiro atoms. The Morgan fingerprint density at radius 3 is 2.13 bits per heavy atom. The van der Waals surface area contributed by atoms with Gasteiger partial charge in [-0.1, -0.05) is 11.6 Å². The van der Waals surface area contributed by atoms with Crippen molar-refractivity contribution in [1.82, 2.24) is 24.3 Å². The van der Waals surface area contributed by atoms with Crippen molar-refractivity contribution in [1.29, 1.82) is 0 Å². The first-order chi connectivity index (χ1) is 14.5. The maximum Gasteiger partial charge on any atom is 0.274 e. The summed E-state index contributed by atoms with van der Waals surface area (Å²) in [7, 11) is 0. The largest absolute Gasteiger partial charge is 0.335 e. The molecular weight excluding hydrogens is 402 g/mol. The minimum atomic E-state index is -0.172. The fraction of sp³-hybridized carbons (Fsp3) is 0.273. The van der Waals surface area contributed by atoms with Gasteiger partial charge in [-0.3, -0.25) is 14.6 Å². The van der Waals surface area contributed by atoms with Crippen LogP contribution in [0.4, 0.5) is 0 Å². The second-order valence-electron chi connectivity index (χ2n) is 7.29. The van der Waals surface area contributed by atoms with Gasteiger partial charge in [0.1, 0.15) is 5.69 Å². The fourth-order valence-electron chi connectivity index (χ4n) is 3.75. The van der Waals surface area contributed by atoms with Crippen LogP contribution < -0.4 is 0 Å². The third-order valence-corrected chi connectivity index (χ3v) is 5.68. The zero-order valence-electron chi connectivity index (χ0n) is 16.9. The van der Waals surface area contributed by atoms with E-state index in [0.29, 0.717) is 42.5 Å². The lowest BCUT2D eigenvalue weighted by atomic mass is 10.1. The summed E-state index contributed by atoms with van der Waals surface area (Å²) in [6.45, 7) is 5.80. The van der Waals surface area contributed by atoms with Gasteiger partial charge in [0.25, 0.3) is 11.8 Å². The zero-order chi connectivity index (χ0) is 21.3. The highest BCUT2D eigenvalue weighted by atomic mass is 35.5. The van der Waals surface area contributed by atoms with Crippen LogP contribution in [0.25, 0.3) is 5.69 Å². The predicted octanol–water partition coefficient (Wildman–Crippen LogP) is 3.14. The predicted molar refractivity (Wildman–Crippen MR) is 114 cm³/mol. The van der Waals surface area contributed by atoms with Crippen LogP contribution in [0.5, 0.6) is 0 Å². The number of aromatic nitrogens is 3. The van der Waals surface area contributed by atoms with E-state index in [2.05, 4.69) is 14.5 Å². The van der Waals surface area contributed by atoms with Crippen LogP contribution >= 0.6 is 11.6 Å². The molecule has 1 fully saturated rings. The van der Waals surface area contributed by atoms with E-state index in [-0.39, 0.29) is 11.8 Å². The van der Waals surface area contributed by atoms with Gasteiger partial charge in [-0.25, -0.2) is 4.98 Å². The number of hydrogen-bond donors (Lipinski definition) is 0. The molecule has 30 heavy (non-hydrogen) atoms. The van der Waals surface area contributed by atoms with Gasteiger partial charge < -0.3 is 14.4 Å². The van der Waals surface area contributed by atoms with Crippen molar-refractivity contribution >= 4 is 23.4 Å². The molecule has 0 saturated carbocycles. The Morgan fingerprint density at radius 2 is 1.53 bits per heavy atom. The summed E-state index contributed by atoms with van der Waals surface area (Å²) in [4.78, 5) is 37.1. The molecule has 1 saturated heterocycles. The second-order valence-corrected chi connectivity index (χ2v) is 7.70. The molecule has 4 rings (SSSR count). The molecular formula is C22H22ClN5O2. The number of rotatable bonds is 3. The molecule has 0 N–H and O–H groups in total. The van der Waals surface area contributed by atoms with Crippen molar-refractivity contribution < 1.29 is 9.59 Å². The molecule has 8 heteroatoms. The highest BCUT2D eigenvalue weighted by molar-refractivity contribution is 6.33. The monoisotopic (exact) mass is 423 g/mol. The first kappa shape index (κ1) is 20.1. The number of piperazine rings is 1. The van der Waals surface area contributed by atoms with Crippen LogP contribution in [0, 0.1) is 13.8 Å². The first-order valence-corrected chi connectivity index (χ1v) is 10.1. The maximum atomic E-state index is 13.2. The van der Waals surface area contributed by atoms with E-state index >= 15 is 0 Å². The van der Waals surface area contributed by atoms with Crippen LogP contribution in [0.1, 0.15) is 32.2 Å². The molecule has 0 bridgehead atoms. The number of benzene rings is 1. The SMILES string of the molecule is Cc1ccc(C)n1-c1ccc(Cl)c(C(=O)N2CCN(C(=O)c3cnccn3)CC2)c1. The summed E-state index contributed by atoms with van der Waals surface area (Å²) in [6.07, 6.45) is 4.48. The lowest BCUT2D eigenvalue weighted by molar-refractivity contribution is 0.0532. The molecule has 1 aliphatic rings. The van der Waals surface area contributed by atoms with Crippen LogP contribution in [-0.2, 0) is 0 Å². The van der Waals surface area contributed by atoms with E-state index in [4.69, 9.17) is 11.6 Å². The Kier molecular flexibility index (Phi) is 5.55. The molecule has 2 amide bonds. The molecule has 1 aromatic carbocycles. The van der Waals surface area contributed by atoms with E-state index in [9.17, 15) is 9.59 Å². The number of hydrogen-bond acceptors (Lipinski definition) is 4. The van der Waals surface area contributed by atoms with Crippen molar-refractivity contribution in [3.63, 3.8) is 0 Å². The first-order valence-electron chi connectivity index (χ1n) is 9.75. The number of aryl methyl sites for hydroxylation is 2. The average Bonchev–Trinajstić information content (AvgIpc) is 3.12. The average molecular weight is 424 g/mol. The van der Waals surface area contributed by atoms with Gasteiger partial charge in [-0.05, 0) is 44.2 Å². The van der Waals surface area contributed by atoms with Crippen molar-refractivity contribution in [3.05, 3.63) is 76.6 Å². The van der Waals surface area contributed by atoms with Gasteiger partial charge in [0.05, 0.1) is 16.8 Å². The Morgan fingerprint density at radius 1 is 0.900 bits per heavy atom. The van der Waals surface area contributed by atoms with Gasteiger partial charge in [0.15, 0.2) is 0 Å².